The van der Waals surface area contributed by atoms with Crippen molar-refractivity contribution in [1.82, 2.24) is 29.5 Å². The second-order valence-electron chi connectivity index (χ2n) is 8.46. The van der Waals surface area contributed by atoms with Crippen molar-refractivity contribution in [3.63, 3.8) is 0 Å². The van der Waals surface area contributed by atoms with E-state index in [4.69, 9.17) is 4.98 Å². The van der Waals surface area contributed by atoms with Crippen LogP contribution < -0.4 is 10.9 Å². The van der Waals surface area contributed by atoms with Gasteiger partial charge in [-0.15, -0.1) is 0 Å². The topological polar surface area (TPSA) is 122 Å². The first-order chi connectivity index (χ1) is 15.8. The number of rotatable bonds is 5. The fourth-order valence-electron chi connectivity index (χ4n) is 3.66. The number of pyridine rings is 2. The van der Waals surface area contributed by atoms with Gasteiger partial charge >= 0.3 is 0 Å². The van der Waals surface area contributed by atoms with Gasteiger partial charge in [0.05, 0.1) is 40.8 Å². The molecule has 166 valence electrons. The van der Waals surface area contributed by atoms with Gasteiger partial charge < -0.3 is 20.0 Å². The molecule has 0 bridgehead atoms. The van der Waals surface area contributed by atoms with E-state index in [-0.39, 0.29) is 5.56 Å². The summed E-state index contributed by atoms with van der Waals surface area (Å²) in [6.07, 6.45) is 3.15. The number of fused-ring (bicyclic) bond motifs is 2. The third kappa shape index (κ3) is 3.94. The van der Waals surface area contributed by atoms with Crippen LogP contribution in [-0.4, -0.2) is 34.6 Å². The minimum atomic E-state index is -1.04. The van der Waals surface area contributed by atoms with E-state index < -0.39 is 5.60 Å². The summed E-state index contributed by atoms with van der Waals surface area (Å²) >= 11 is 0. The summed E-state index contributed by atoms with van der Waals surface area (Å²) in [5, 5.41) is 13.8. The second-order valence-corrected chi connectivity index (χ2v) is 8.46. The molecule has 0 aliphatic carbocycles. The summed E-state index contributed by atoms with van der Waals surface area (Å²) in [5.74, 6) is 1.15. The molecule has 0 spiro atoms. The predicted octanol–water partition coefficient (Wildman–Crippen LogP) is 3.11. The molecule has 0 saturated heterocycles. The van der Waals surface area contributed by atoms with E-state index >= 15 is 0 Å². The Hall–Kier alpha value is -4.11. The van der Waals surface area contributed by atoms with Gasteiger partial charge in [-0.1, -0.05) is 12.1 Å². The van der Waals surface area contributed by atoms with Gasteiger partial charge in [0.25, 0.3) is 5.56 Å². The lowest BCUT2D eigenvalue weighted by molar-refractivity contribution is 0.0739. The Morgan fingerprint density at radius 3 is 2.64 bits per heavy atom. The van der Waals surface area contributed by atoms with Crippen LogP contribution in [0.2, 0.25) is 0 Å². The number of benzene rings is 1. The van der Waals surface area contributed by atoms with Crippen LogP contribution in [0.5, 0.6) is 0 Å². The molecule has 0 aliphatic rings. The molecule has 0 fully saturated rings. The van der Waals surface area contributed by atoms with Crippen molar-refractivity contribution >= 4 is 27.8 Å². The maximum atomic E-state index is 12.9. The normalized spacial score (nSPS) is 11.9. The maximum absolute atomic E-state index is 12.9. The Kier molecular flexibility index (Phi) is 4.90. The maximum Gasteiger partial charge on any atom is 0.264 e. The number of nitrogens with zero attached hydrogens (tertiary/aromatic N) is 5. The molecule has 1 aromatic carbocycles. The molecular formula is C24H23N7O2. The van der Waals surface area contributed by atoms with Gasteiger partial charge in [-0.25, -0.2) is 15.0 Å². The van der Waals surface area contributed by atoms with Gasteiger partial charge in [0.15, 0.2) is 0 Å². The highest BCUT2D eigenvalue weighted by Gasteiger charge is 2.18. The molecule has 4 aromatic heterocycles. The monoisotopic (exact) mass is 441 g/mol. The minimum Gasteiger partial charge on any atom is -0.384 e. The molecule has 5 aromatic rings. The first-order valence-corrected chi connectivity index (χ1v) is 10.5. The van der Waals surface area contributed by atoms with Gasteiger partial charge in [-0.2, -0.15) is 0 Å². The Bertz CT molecular complexity index is 1500. The SMILES string of the molecule is Cn1cnc2cc(-c3ccc(C(C)(C)O)nc3)nc(NCc3nc4ccccc4[nH]3)c2c1=O. The molecule has 0 unspecified atom stereocenters. The number of aromatic amines is 1. The zero-order valence-corrected chi connectivity index (χ0v) is 18.5. The molecule has 9 heteroatoms. The fraction of sp³-hybridized carbons (Fsp3) is 0.208. The lowest BCUT2D eigenvalue weighted by Gasteiger charge is -2.16. The van der Waals surface area contributed by atoms with Crippen molar-refractivity contribution in [2.24, 2.45) is 7.05 Å². The largest absolute Gasteiger partial charge is 0.384 e. The van der Waals surface area contributed by atoms with Crippen molar-refractivity contribution in [3.05, 3.63) is 76.9 Å². The number of hydrogen-bond acceptors (Lipinski definition) is 7. The third-order valence-corrected chi connectivity index (χ3v) is 5.45. The predicted molar refractivity (Wildman–Crippen MR) is 127 cm³/mol. The van der Waals surface area contributed by atoms with Crippen LogP contribution in [0.15, 0.2) is 59.8 Å². The van der Waals surface area contributed by atoms with E-state index in [1.165, 1.54) is 10.9 Å². The molecule has 0 aliphatic heterocycles. The Labute approximate surface area is 189 Å². The smallest absolute Gasteiger partial charge is 0.264 e. The molecule has 4 heterocycles. The highest BCUT2D eigenvalue weighted by Crippen LogP contribution is 2.26. The van der Waals surface area contributed by atoms with Gasteiger partial charge in [0, 0.05) is 18.8 Å². The molecule has 0 saturated carbocycles. The van der Waals surface area contributed by atoms with Crippen LogP contribution in [0.25, 0.3) is 33.2 Å². The average Bonchev–Trinajstić information content (AvgIpc) is 3.22. The molecular weight excluding hydrogens is 418 g/mol. The zero-order chi connectivity index (χ0) is 23.2. The van der Waals surface area contributed by atoms with Gasteiger partial charge in [-0.05, 0) is 44.2 Å². The summed E-state index contributed by atoms with van der Waals surface area (Å²) < 4.78 is 1.43. The van der Waals surface area contributed by atoms with Crippen LogP contribution in [0.1, 0.15) is 25.4 Å². The van der Waals surface area contributed by atoms with Gasteiger partial charge in [-0.3, -0.25) is 9.78 Å². The number of aliphatic hydroxyl groups is 1. The summed E-state index contributed by atoms with van der Waals surface area (Å²) in [7, 11) is 1.66. The minimum absolute atomic E-state index is 0.193. The van der Waals surface area contributed by atoms with E-state index in [1.54, 1.807) is 39.2 Å². The number of H-pyrrole nitrogens is 1. The summed E-state index contributed by atoms with van der Waals surface area (Å²) in [5.41, 5.74) is 3.03. The fourth-order valence-corrected chi connectivity index (χ4v) is 3.66. The van der Waals surface area contributed by atoms with Crippen molar-refractivity contribution in [1.29, 1.82) is 0 Å². The van der Waals surface area contributed by atoms with Gasteiger partial charge in [0.2, 0.25) is 0 Å². The number of hydrogen-bond donors (Lipinski definition) is 3. The molecule has 33 heavy (non-hydrogen) atoms. The second kappa shape index (κ2) is 7.79. The highest BCUT2D eigenvalue weighted by molar-refractivity contribution is 5.91. The summed E-state index contributed by atoms with van der Waals surface area (Å²) in [4.78, 5) is 34.3. The lowest BCUT2D eigenvalue weighted by Crippen LogP contribution is -2.19. The zero-order valence-electron chi connectivity index (χ0n) is 18.5. The van der Waals surface area contributed by atoms with Crippen LogP contribution in [0.3, 0.4) is 0 Å². The van der Waals surface area contributed by atoms with Crippen LogP contribution in [0, 0.1) is 0 Å². The Balaban J connectivity index is 1.56. The van der Waals surface area contributed by atoms with E-state index in [1.807, 2.05) is 30.3 Å². The Morgan fingerprint density at radius 1 is 1.09 bits per heavy atom. The van der Waals surface area contributed by atoms with Crippen LogP contribution in [-0.2, 0) is 19.2 Å². The number of para-hydroxylation sites is 2. The molecule has 0 atom stereocenters. The first kappa shape index (κ1) is 20.8. The van der Waals surface area contributed by atoms with Crippen molar-refractivity contribution < 1.29 is 5.11 Å². The molecule has 0 radical (unpaired) electrons. The number of nitrogens with one attached hydrogen (secondary N) is 2. The number of imidazole rings is 1. The molecule has 3 N–H and O–H groups in total. The van der Waals surface area contributed by atoms with Crippen molar-refractivity contribution in [2.45, 2.75) is 26.0 Å². The van der Waals surface area contributed by atoms with Crippen LogP contribution in [0.4, 0.5) is 5.82 Å². The standard InChI is InChI=1S/C24H23N7O2/c1-24(2,33)19-9-8-14(11-25-19)17-10-18-21(23(32)31(3)13-27-18)22(30-17)26-12-20-28-15-6-4-5-7-16(15)29-20/h4-11,13,33H,12H2,1-3H3,(H,26,30)(H,28,29). The van der Waals surface area contributed by atoms with E-state index in [9.17, 15) is 9.90 Å². The molecule has 0 amide bonds. The third-order valence-electron chi connectivity index (χ3n) is 5.45. The number of anilines is 1. The molecule has 5 rings (SSSR count). The number of aromatic nitrogens is 6. The van der Waals surface area contributed by atoms with Crippen molar-refractivity contribution in [3.8, 4) is 11.3 Å². The summed E-state index contributed by atoms with van der Waals surface area (Å²) in [6.45, 7) is 3.72. The molecule has 9 nitrogen and oxygen atoms in total. The van der Waals surface area contributed by atoms with Gasteiger partial charge in [0.1, 0.15) is 22.6 Å². The summed E-state index contributed by atoms with van der Waals surface area (Å²) in [6, 6.07) is 13.2. The number of aryl methyl sites for hydroxylation is 1. The highest BCUT2D eigenvalue weighted by atomic mass is 16.3. The van der Waals surface area contributed by atoms with E-state index in [0.29, 0.717) is 34.7 Å². The lowest BCUT2D eigenvalue weighted by atomic mass is 10.0. The Morgan fingerprint density at radius 2 is 1.91 bits per heavy atom. The quantitative estimate of drug-likeness (QED) is 0.383. The van der Waals surface area contributed by atoms with Crippen LogP contribution >= 0.6 is 0 Å². The van der Waals surface area contributed by atoms with E-state index in [0.717, 1.165) is 22.4 Å². The van der Waals surface area contributed by atoms with E-state index in [2.05, 4.69) is 25.3 Å². The average molecular weight is 441 g/mol. The first-order valence-electron chi connectivity index (χ1n) is 10.5. The van der Waals surface area contributed by atoms with Crippen molar-refractivity contribution in [2.75, 3.05) is 5.32 Å².